The Morgan fingerprint density at radius 3 is 2.63 bits per heavy atom. The van der Waals surface area contributed by atoms with Crippen molar-refractivity contribution in [1.82, 2.24) is 10.3 Å². The first kappa shape index (κ1) is 14.1. The summed E-state index contributed by atoms with van der Waals surface area (Å²) in [6, 6.07) is 0.212. The average Bonchev–Trinajstić information content (AvgIpc) is 3.04. The van der Waals surface area contributed by atoms with E-state index in [1.165, 1.54) is 24.2 Å². The Bertz CT molecular complexity index is 436. The fourth-order valence-electron chi connectivity index (χ4n) is 2.27. The van der Waals surface area contributed by atoms with Gasteiger partial charge in [0.2, 0.25) is 0 Å². The molecule has 19 heavy (non-hydrogen) atoms. The molecule has 1 aliphatic rings. The zero-order valence-corrected chi connectivity index (χ0v) is 12.4. The number of amides is 1. The minimum atomic E-state index is -0.0888. The first-order valence-electron chi connectivity index (χ1n) is 6.97. The lowest BCUT2D eigenvalue weighted by molar-refractivity contribution is 0.0939. The highest BCUT2D eigenvalue weighted by Crippen LogP contribution is 2.30. The Morgan fingerprint density at radius 1 is 1.42 bits per heavy atom. The lowest BCUT2D eigenvalue weighted by atomic mass is 10.2. The molecule has 1 aliphatic heterocycles. The first-order valence-corrected chi connectivity index (χ1v) is 7.79. The van der Waals surface area contributed by atoms with Crippen LogP contribution in [-0.2, 0) is 0 Å². The molecule has 2 heterocycles. The van der Waals surface area contributed by atoms with Crippen molar-refractivity contribution in [2.24, 2.45) is 0 Å². The summed E-state index contributed by atoms with van der Waals surface area (Å²) in [6.07, 6.45) is 4.24. The third-order valence-electron chi connectivity index (χ3n) is 3.55. The molecule has 1 saturated heterocycles. The van der Waals surface area contributed by atoms with Gasteiger partial charge in [-0.2, -0.15) is 0 Å². The zero-order chi connectivity index (χ0) is 13.8. The number of rotatable bonds is 5. The Kier molecular flexibility index (Phi) is 4.63. The van der Waals surface area contributed by atoms with Gasteiger partial charge in [-0.15, -0.1) is 0 Å². The molecule has 1 fully saturated rings. The second-order valence-electron chi connectivity index (χ2n) is 4.89. The Morgan fingerprint density at radius 2 is 2.05 bits per heavy atom. The third kappa shape index (κ3) is 3.18. The highest BCUT2D eigenvalue weighted by Gasteiger charge is 2.22. The highest BCUT2D eigenvalue weighted by atomic mass is 32.1. The van der Waals surface area contributed by atoms with Crippen LogP contribution in [0.5, 0.6) is 0 Å². The van der Waals surface area contributed by atoms with Crippen LogP contribution in [0.4, 0.5) is 10.9 Å². The van der Waals surface area contributed by atoms with Gasteiger partial charge in [0.1, 0.15) is 10.7 Å². The van der Waals surface area contributed by atoms with E-state index in [4.69, 9.17) is 5.73 Å². The van der Waals surface area contributed by atoms with Crippen molar-refractivity contribution in [3.8, 4) is 0 Å². The number of thiazole rings is 1. The smallest absolute Gasteiger partial charge is 0.265 e. The van der Waals surface area contributed by atoms with Gasteiger partial charge in [-0.1, -0.05) is 25.2 Å². The van der Waals surface area contributed by atoms with Gasteiger partial charge in [0.15, 0.2) is 5.13 Å². The van der Waals surface area contributed by atoms with Crippen molar-refractivity contribution in [2.45, 2.75) is 45.6 Å². The van der Waals surface area contributed by atoms with E-state index in [1.54, 1.807) is 0 Å². The summed E-state index contributed by atoms with van der Waals surface area (Å²) in [4.78, 5) is 19.3. The predicted molar refractivity (Wildman–Crippen MR) is 79.8 cm³/mol. The summed E-state index contributed by atoms with van der Waals surface area (Å²) in [6.45, 7) is 6.17. The molecule has 5 nitrogen and oxygen atoms in total. The predicted octanol–water partition coefficient (Wildman–Crippen LogP) is 2.24. The van der Waals surface area contributed by atoms with Crippen molar-refractivity contribution in [1.29, 1.82) is 0 Å². The minimum absolute atomic E-state index is 0.0888. The first-order chi connectivity index (χ1) is 9.15. The van der Waals surface area contributed by atoms with Crippen molar-refractivity contribution < 1.29 is 4.79 Å². The van der Waals surface area contributed by atoms with Gasteiger partial charge in [0.05, 0.1) is 0 Å². The van der Waals surface area contributed by atoms with E-state index < -0.39 is 0 Å². The summed E-state index contributed by atoms with van der Waals surface area (Å²) in [5.41, 5.74) is 5.88. The van der Waals surface area contributed by atoms with Crippen molar-refractivity contribution in [3.63, 3.8) is 0 Å². The molecule has 6 heteroatoms. The summed E-state index contributed by atoms with van der Waals surface area (Å²) < 4.78 is 0. The van der Waals surface area contributed by atoms with E-state index in [-0.39, 0.29) is 11.9 Å². The molecular weight excluding hydrogens is 260 g/mol. The number of carbonyl (C=O) groups is 1. The number of nitrogens with zero attached hydrogens (tertiary/aromatic N) is 2. The molecule has 0 aromatic carbocycles. The van der Waals surface area contributed by atoms with Crippen LogP contribution < -0.4 is 16.0 Å². The molecule has 0 unspecified atom stereocenters. The zero-order valence-electron chi connectivity index (χ0n) is 11.6. The maximum Gasteiger partial charge on any atom is 0.265 e. The fourth-order valence-corrected chi connectivity index (χ4v) is 3.21. The molecule has 0 atom stereocenters. The highest BCUT2D eigenvalue weighted by molar-refractivity contribution is 7.18. The van der Waals surface area contributed by atoms with Gasteiger partial charge in [-0.25, -0.2) is 4.98 Å². The number of nitrogen functional groups attached to an aromatic ring is 1. The van der Waals surface area contributed by atoms with E-state index >= 15 is 0 Å². The quantitative estimate of drug-likeness (QED) is 0.869. The van der Waals surface area contributed by atoms with E-state index in [2.05, 4.69) is 29.0 Å². The maximum absolute atomic E-state index is 12.2. The van der Waals surface area contributed by atoms with Crippen LogP contribution in [0, 0.1) is 0 Å². The Labute approximate surface area is 118 Å². The standard InChI is InChI=1S/C13H22N4OS/c1-3-9(4-2)15-12(18)10-11(14)16-13(19-10)17-7-5-6-8-17/h9H,3-8,14H2,1-2H3,(H,15,18). The van der Waals surface area contributed by atoms with Crippen LogP contribution in [0.25, 0.3) is 0 Å². The van der Waals surface area contributed by atoms with Crippen LogP contribution in [0.1, 0.15) is 49.2 Å². The minimum Gasteiger partial charge on any atom is -0.382 e. The van der Waals surface area contributed by atoms with Gasteiger partial charge in [0.25, 0.3) is 5.91 Å². The van der Waals surface area contributed by atoms with E-state index in [1.807, 2.05) is 0 Å². The van der Waals surface area contributed by atoms with Crippen molar-refractivity contribution in [2.75, 3.05) is 23.7 Å². The lowest BCUT2D eigenvalue weighted by Crippen LogP contribution is -2.33. The molecular formula is C13H22N4OS. The molecule has 0 radical (unpaired) electrons. The number of hydrogen-bond donors (Lipinski definition) is 2. The molecule has 1 aromatic rings. The van der Waals surface area contributed by atoms with E-state index in [0.717, 1.165) is 31.1 Å². The molecule has 1 aromatic heterocycles. The second-order valence-corrected chi connectivity index (χ2v) is 5.87. The Balaban J connectivity index is 2.09. The summed E-state index contributed by atoms with van der Waals surface area (Å²) in [7, 11) is 0. The van der Waals surface area contributed by atoms with Gasteiger partial charge in [-0.3, -0.25) is 4.79 Å². The van der Waals surface area contributed by atoms with Crippen molar-refractivity contribution >= 4 is 28.2 Å². The second kappa shape index (κ2) is 6.23. The summed E-state index contributed by atoms with van der Waals surface area (Å²) >= 11 is 1.41. The molecule has 0 saturated carbocycles. The number of anilines is 2. The van der Waals surface area contributed by atoms with Gasteiger partial charge in [-0.05, 0) is 25.7 Å². The number of hydrogen-bond acceptors (Lipinski definition) is 5. The number of nitrogens with two attached hydrogens (primary N) is 1. The van der Waals surface area contributed by atoms with Crippen LogP contribution in [0.2, 0.25) is 0 Å². The summed E-state index contributed by atoms with van der Waals surface area (Å²) in [5.74, 6) is 0.268. The lowest BCUT2D eigenvalue weighted by Gasteiger charge is -2.14. The average molecular weight is 282 g/mol. The molecule has 2 rings (SSSR count). The monoisotopic (exact) mass is 282 g/mol. The van der Waals surface area contributed by atoms with Crippen LogP contribution in [0.15, 0.2) is 0 Å². The fraction of sp³-hybridized carbons (Fsp3) is 0.692. The molecule has 0 spiro atoms. The normalized spacial score (nSPS) is 15.2. The largest absolute Gasteiger partial charge is 0.382 e. The molecule has 0 bridgehead atoms. The van der Waals surface area contributed by atoms with Crippen molar-refractivity contribution in [3.05, 3.63) is 4.88 Å². The summed E-state index contributed by atoms with van der Waals surface area (Å²) in [5, 5.41) is 3.89. The molecule has 106 valence electrons. The van der Waals surface area contributed by atoms with E-state index in [9.17, 15) is 4.79 Å². The van der Waals surface area contributed by atoms with Gasteiger partial charge < -0.3 is 16.0 Å². The topological polar surface area (TPSA) is 71.2 Å². The molecule has 1 amide bonds. The van der Waals surface area contributed by atoms with Crippen LogP contribution in [-0.4, -0.2) is 30.0 Å². The molecule has 0 aliphatic carbocycles. The number of aromatic nitrogens is 1. The number of carbonyl (C=O) groups excluding carboxylic acids is 1. The van der Waals surface area contributed by atoms with Gasteiger partial charge >= 0.3 is 0 Å². The third-order valence-corrected chi connectivity index (χ3v) is 4.68. The van der Waals surface area contributed by atoms with Crippen LogP contribution in [0.3, 0.4) is 0 Å². The van der Waals surface area contributed by atoms with Crippen LogP contribution >= 0.6 is 11.3 Å². The number of nitrogens with one attached hydrogen (secondary N) is 1. The molecule has 3 N–H and O–H groups in total. The van der Waals surface area contributed by atoms with Gasteiger partial charge in [0, 0.05) is 19.1 Å². The van der Waals surface area contributed by atoms with E-state index in [0.29, 0.717) is 10.7 Å². The SMILES string of the molecule is CCC(CC)NC(=O)c1sc(N2CCCC2)nc1N. The Hall–Kier alpha value is -1.30. The maximum atomic E-state index is 12.2.